The normalized spacial score (nSPS) is 15.3. The van der Waals surface area contributed by atoms with Gasteiger partial charge in [-0.3, -0.25) is 4.79 Å². The average Bonchev–Trinajstić information content (AvgIpc) is 2.68. The van der Waals surface area contributed by atoms with Crippen molar-refractivity contribution in [3.8, 4) is 5.75 Å². The van der Waals surface area contributed by atoms with Crippen LogP contribution in [0.5, 0.6) is 5.75 Å². The van der Waals surface area contributed by atoms with Crippen molar-refractivity contribution in [3.63, 3.8) is 0 Å². The van der Waals surface area contributed by atoms with Gasteiger partial charge in [-0.1, -0.05) is 17.7 Å². The van der Waals surface area contributed by atoms with Crippen LogP contribution in [0.4, 0.5) is 4.79 Å². The van der Waals surface area contributed by atoms with Gasteiger partial charge >= 0.3 is 6.09 Å². The van der Waals surface area contributed by atoms with E-state index in [2.05, 4.69) is 0 Å². The van der Waals surface area contributed by atoms with Gasteiger partial charge in [0.1, 0.15) is 5.75 Å². The molecule has 84 valence electrons. The Kier molecular flexibility index (Phi) is 2.90. The van der Waals surface area contributed by atoms with E-state index in [1.165, 1.54) is 0 Å². The molecule has 1 aliphatic heterocycles. The molecule has 1 saturated heterocycles. The maximum absolute atomic E-state index is 11.6. The molecule has 4 heteroatoms. The molecule has 2 amide bonds. The van der Waals surface area contributed by atoms with E-state index >= 15 is 0 Å². The lowest BCUT2D eigenvalue weighted by molar-refractivity contribution is -0.125. The summed E-state index contributed by atoms with van der Waals surface area (Å²) in [5.41, 5.74) is 1.09. The number of benzene rings is 1. The summed E-state index contributed by atoms with van der Waals surface area (Å²) in [5.74, 6) is 0.312. The Balaban J connectivity index is 2.02. The number of ether oxygens (including phenoxy) is 1. The molecule has 0 unspecified atom stereocenters. The molecule has 4 nitrogen and oxygen atoms in total. The quantitative estimate of drug-likeness (QED) is 0.726. The molecule has 2 rings (SSSR count). The van der Waals surface area contributed by atoms with E-state index < -0.39 is 6.09 Å². The molecule has 1 aliphatic rings. The van der Waals surface area contributed by atoms with Gasteiger partial charge in [0.25, 0.3) is 0 Å². The van der Waals surface area contributed by atoms with Crippen molar-refractivity contribution in [2.75, 3.05) is 6.54 Å². The highest BCUT2D eigenvalue weighted by molar-refractivity contribution is 5.94. The minimum absolute atomic E-state index is 0.155. The van der Waals surface area contributed by atoms with Gasteiger partial charge in [0.15, 0.2) is 0 Å². The highest BCUT2D eigenvalue weighted by Gasteiger charge is 2.27. The molecule has 1 fully saturated rings. The first-order valence-electron chi connectivity index (χ1n) is 5.25. The Morgan fingerprint density at radius 2 is 2.00 bits per heavy atom. The van der Waals surface area contributed by atoms with E-state index in [-0.39, 0.29) is 5.91 Å². The zero-order valence-corrected chi connectivity index (χ0v) is 9.10. The van der Waals surface area contributed by atoms with E-state index in [4.69, 9.17) is 4.74 Å². The topological polar surface area (TPSA) is 46.6 Å². The fourth-order valence-corrected chi connectivity index (χ4v) is 1.60. The zero-order valence-electron chi connectivity index (χ0n) is 9.10. The second-order valence-corrected chi connectivity index (χ2v) is 3.83. The summed E-state index contributed by atoms with van der Waals surface area (Å²) in [6.45, 7) is 2.42. The number of carbonyl (C=O) groups excluding carboxylic acids is 2. The van der Waals surface area contributed by atoms with E-state index in [0.29, 0.717) is 18.7 Å². The minimum Gasteiger partial charge on any atom is -0.410 e. The number of likely N-dealkylation sites (tertiary alicyclic amines) is 1. The summed E-state index contributed by atoms with van der Waals surface area (Å²) in [4.78, 5) is 24.0. The number of nitrogens with zero attached hydrogens (tertiary/aromatic N) is 1. The number of aryl methyl sites for hydroxylation is 1. The van der Waals surface area contributed by atoms with Crippen molar-refractivity contribution >= 4 is 12.0 Å². The van der Waals surface area contributed by atoms with Crippen LogP contribution in [0.25, 0.3) is 0 Å². The van der Waals surface area contributed by atoms with Gasteiger partial charge in [-0.15, -0.1) is 0 Å². The number of rotatable bonds is 1. The Hall–Kier alpha value is -1.84. The molecule has 0 radical (unpaired) electrons. The van der Waals surface area contributed by atoms with Gasteiger partial charge < -0.3 is 4.74 Å². The fraction of sp³-hybridized carbons (Fsp3) is 0.333. The molecule has 0 N–H and O–H groups in total. The molecule has 1 heterocycles. The van der Waals surface area contributed by atoms with Gasteiger partial charge in [0.05, 0.1) is 0 Å². The number of carbonyl (C=O) groups is 2. The van der Waals surface area contributed by atoms with Crippen molar-refractivity contribution in [3.05, 3.63) is 29.8 Å². The molecule has 0 spiro atoms. The summed E-state index contributed by atoms with van der Waals surface area (Å²) < 4.78 is 5.09. The summed E-state index contributed by atoms with van der Waals surface area (Å²) in [7, 11) is 0. The van der Waals surface area contributed by atoms with Crippen molar-refractivity contribution in [1.82, 2.24) is 4.90 Å². The standard InChI is InChI=1S/C12H13NO3/c1-9-4-6-10(7-5-9)16-12(15)13-8-2-3-11(13)14/h4-7H,2-3,8H2,1H3. The number of hydrogen-bond acceptors (Lipinski definition) is 3. The highest BCUT2D eigenvalue weighted by atomic mass is 16.6. The van der Waals surface area contributed by atoms with Crippen LogP contribution in [0, 0.1) is 6.92 Å². The van der Waals surface area contributed by atoms with Gasteiger partial charge in [-0.2, -0.15) is 0 Å². The van der Waals surface area contributed by atoms with Gasteiger partial charge in [-0.05, 0) is 25.5 Å². The van der Waals surface area contributed by atoms with E-state index in [1.54, 1.807) is 12.1 Å². The summed E-state index contributed by atoms with van der Waals surface area (Å²) in [6.07, 6.45) is 0.580. The van der Waals surface area contributed by atoms with E-state index in [1.807, 2.05) is 19.1 Å². The van der Waals surface area contributed by atoms with Crippen LogP contribution in [0.1, 0.15) is 18.4 Å². The monoisotopic (exact) mass is 219 g/mol. The van der Waals surface area contributed by atoms with Gasteiger partial charge in [0, 0.05) is 13.0 Å². The third kappa shape index (κ3) is 2.21. The lowest BCUT2D eigenvalue weighted by Crippen LogP contribution is -2.34. The van der Waals surface area contributed by atoms with Crippen molar-refractivity contribution < 1.29 is 14.3 Å². The lowest BCUT2D eigenvalue weighted by Gasteiger charge is -2.13. The van der Waals surface area contributed by atoms with Crippen LogP contribution < -0.4 is 4.74 Å². The van der Waals surface area contributed by atoms with Crippen LogP contribution in [0.3, 0.4) is 0 Å². The van der Waals surface area contributed by atoms with E-state index in [9.17, 15) is 9.59 Å². The average molecular weight is 219 g/mol. The third-order valence-corrected chi connectivity index (χ3v) is 2.52. The molecule has 0 aromatic heterocycles. The summed E-state index contributed by atoms with van der Waals surface area (Å²) >= 11 is 0. The first-order valence-corrected chi connectivity index (χ1v) is 5.25. The first-order chi connectivity index (χ1) is 7.66. The predicted octanol–water partition coefficient (Wildman–Crippen LogP) is 2.12. The Morgan fingerprint density at radius 1 is 1.31 bits per heavy atom. The second kappa shape index (κ2) is 4.35. The molecular weight excluding hydrogens is 206 g/mol. The van der Waals surface area contributed by atoms with Crippen LogP contribution in [-0.2, 0) is 4.79 Å². The van der Waals surface area contributed by atoms with Crippen molar-refractivity contribution in [2.24, 2.45) is 0 Å². The minimum atomic E-state index is -0.577. The second-order valence-electron chi connectivity index (χ2n) is 3.83. The third-order valence-electron chi connectivity index (χ3n) is 2.52. The number of hydrogen-bond donors (Lipinski definition) is 0. The van der Waals surface area contributed by atoms with Crippen molar-refractivity contribution in [2.45, 2.75) is 19.8 Å². The number of amides is 2. The largest absolute Gasteiger partial charge is 0.421 e. The smallest absolute Gasteiger partial charge is 0.410 e. The Labute approximate surface area is 93.8 Å². The predicted molar refractivity (Wildman–Crippen MR) is 58.2 cm³/mol. The molecule has 16 heavy (non-hydrogen) atoms. The fourth-order valence-electron chi connectivity index (χ4n) is 1.60. The Morgan fingerprint density at radius 3 is 2.56 bits per heavy atom. The van der Waals surface area contributed by atoms with Crippen LogP contribution in [0.15, 0.2) is 24.3 Å². The Bertz CT molecular complexity index is 411. The number of imide groups is 1. The molecule has 0 saturated carbocycles. The molecule has 1 aromatic rings. The summed E-state index contributed by atoms with van der Waals surface area (Å²) in [5, 5.41) is 0. The highest BCUT2D eigenvalue weighted by Crippen LogP contribution is 2.16. The maximum Gasteiger partial charge on any atom is 0.421 e. The van der Waals surface area contributed by atoms with Crippen LogP contribution in [0.2, 0.25) is 0 Å². The van der Waals surface area contributed by atoms with Gasteiger partial charge in [-0.25, -0.2) is 9.69 Å². The van der Waals surface area contributed by atoms with Crippen molar-refractivity contribution in [1.29, 1.82) is 0 Å². The molecule has 0 bridgehead atoms. The first kappa shape index (κ1) is 10.7. The summed E-state index contributed by atoms with van der Waals surface area (Å²) in [6, 6.07) is 7.14. The maximum atomic E-state index is 11.6. The van der Waals surface area contributed by atoms with Crippen LogP contribution >= 0.6 is 0 Å². The molecule has 0 atom stereocenters. The van der Waals surface area contributed by atoms with E-state index in [0.717, 1.165) is 16.9 Å². The van der Waals surface area contributed by atoms with Gasteiger partial charge in [0.2, 0.25) is 5.91 Å². The zero-order chi connectivity index (χ0) is 11.5. The molecular formula is C12H13NO3. The molecule has 0 aliphatic carbocycles. The molecule has 1 aromatic carbocycles. The van der Waals surface area contributed by atoms with Crippen LogP contribution in [-0.4, -0.2) is 23.4 Å². The lowest BCUT2D eigenvalue weighted by atomic mass is 10.2. The SMILES string of the molecule is Cc1ccc(OC(=O)N2CCCC2=O)cc1.